The van der Waals surface area contributed by atoms with E-state index in [0.717, 1.165) is 45.7 Å². The van der Waals surface area contributed by atoms with E-state index in [1.54, 1.807) is 6.08 Å². The topological polar surface area (TPSA) is 18.5 Å². The van der Waals surface area contributed by atoms with Gasteiger partial charge < -0.3 is 8.92 Å². The lowest BCUT2D eigenvalue weighted by Crippen LogP contribution is -2.04. The fourth-order valence-corrected chi connectivity index (χ4v) is 2.61. The summed E-state index contributed by atoms with van der Waals surface area (Å²) in [7, 11) is 0. The molecule has 0 aromatic heterocycles. The molecule has 4 heteroatoms. The van der Waals surface area contributed by atoms with E-state index in [-0.39, 0.29) is 0 Å². The van der Waals surface area contributed by atoms with Crippen LogP contribution in [0, 0.1) is 20.8 Å². The van der Waals surface area contributed by atoms with Gasteiger partial charge in [0.1, 0.15) is 29.2 Å². The molecular weight excluding hydrogens is 264 g/mol. The first-order valence-electron chi connectivity index (χ1n) is 5.92. The monoisotopic (exact) mass is 284 g/mol. The molecule has 0 amide bonds. The minimum Gasteiger partial charge on any atom is -0.489 e. The third kappa shape index (κ3) is 2.98. The van der Waals surface area contributed by atoms with Crippen LogP contribution in [0.3, 0.4) is 0 Å². The van der Waals surface area contributed by atoms with E-state index in [1.165, 1.54) is 5.56 Å². The number of hydrogen-bond donors (Lipinski definition) is 1. The summed E-state index contributed by atoms with van der Waals surface area (Å²) in [6, 6.07) is 0. The van der Waals surface area contributed by atoms with E-state index in [1.807, 2.05) is 6.92 Å². The highest BCUT2D eigenvalue weighted by Gasteiger charge is 2.18. The van der Waals surface area contributed by atoms with Crippen LogP contribution in [-0.2, 0) is 6.42 Å². The SMILES string of the molecule is C=CCOc1c(C)c(C)c(OSS)c(CC)c1C. The van der Waals surface area contributed by atoms with E-state index in [0.29, 0.717) is 6.61 Å². The van der Waals surface area contributed by atoms with Gasteiger partial charge in [0.05, 0.1) is 0 Å². The van der Waals surface area contributed by atoms with Crippen LogP contribution in [0.15, 0.2) is 12.7 Å². The second-order valence-corrected chi connectivity index (χ2v) is 4.89. The van der Waals surface area contributed by atoms with Crippen LogP contribution in [0.25, 0.3) is 0 Å². The molecule has 0 heterocycles. The van der Waals surface area contributed by atoms with Crippen molar-refractivity contribution in [2.75, 3.05) is 6.61 Å². The van der Waals surface area contributed by atoms with Gasteiger partial charge in [0, 0.05) is 5.56 Å². The number of rotatable bonds is 6. The maximum absolute atomic E-state index is 5.77. The molecule has 0 aliphatic heterocycles. The van der Waals surface area contributed by atoms with Gasteiger partial charge in [-0.1, -0.05) is 31.2 Å². The molecule has 1 aromatic carbocycles. The number of benzene rings is 1. The van der Waals surface area contributed by atoms with E-state index in [2.05, 4.69) is 39.0 Å². The van der Waals surface area contributed by atoms with Crippen molar-refractivity contribution in [2.45, 2.75) is 34.1 Å². The van der Waals surface area contributed by atoms with Crippen LogP contribution < -0.4 is 8.92 Å². The maximum atomic E-state index is 5.77. The van der Waals surface area contributed by atoms with Crippen LogP contribution in [0.2, 0.25) is 0 Å². The first-order valence-corrected chi connectivity index (χ1v) is 7.72. The molecule has 0 N–H and O–H groups in total. The number of hydrogen-bond acceptors (Lipinski definition) is 4. The minimum atomic E-state index is 0.520. The summed E-state index contributed by atoms with van der Waals surface area (Å²) in [5.41, 5.74) is 4.54. The smallest absolute Gasteiger partial charge is 0.145 e. The third-order valence-electron chi connectivity index (χ3n) is 3.13. The predicted molar refractivity (Wildman–Crippen MR) is 82.9 cm³/mol. The first-order chi connectivity index (χ1) is 8.58. The van der Waals surface area contributed by atoms with Gasteiger partial charge in [0.25, 0.3) is 0 Å². The Labute approximate surface area is 119 Å². The largest absolute Gasteiger partial charge is 0.489 e. The second-order valence-electron chi connectivity index (χ2n) is 4.12. The minimum absolute atomic E-state index is 0.520. The molecule has 2 nitrogen and oxygen atoms in total. The van der Waals surface area contributed by atoms with Crippen LogP contribution >= 0.6 is 22.7 Å². The molecule has 1 rings (SSSR count). The molecule has 0 fully saturated rings. The normalized spacial score (nSPS) is 10.3. The second kappa shape index (κ2) is 7.00. The predicted octanol–water partition coefficient (Wildman–Crippen LogP) is 4.61. The summed E-state index contributed by atoms with van der Waals surface area (Å²) in [4.78, 5) is 0. The molecule has 0 saturated heterocycles. The average molecular weight is 284 g/mol. The number of thiol groups is 1. The van der Waals surface area contributed by atoms with E-state index < -0.39 is 0 Å². The zero-order valence-corrected chi connectivity index (χ0v) is 13.1. The average Bonchev–Trinajstić information content (AvgIpc) is 2.36. The molecule has 0 aliphatic carbocycles. The van der Waals surface area contributed by atoms with Crippen LogP contribution in [-0.4, -0.2) is 6.61 Å². The molecule has 0 spiro atoms. The molecular formula is C14H20O2S2. The highest BCUT2D eigenvalue weighted by Crippen LogP contribution is 2.39. The molecule has 0 atom stereocenters. The zero-order chi connectivity index (χ0) is 13.7. The molecule has 0 aliphatic rings. The van der Waals surface area contributed by atoms with Gasteiger partial charge in [-0.25, -0.2) is 0 Å². The van der Waals surface area contributed by atoms with Gasteiger partial charge in [-0.05, 0) is 43.9 Å². The summed E-state index contributed by atoms with van der Waals surface area (Å²) in [6.45, 7) is 12.5. The van der Waals surface area contributed by atoms with Gasteiger partial charge in [0.2, 0.25) is 0 Å². The third-order valence-corrected chi connectivity index (χ3v) is 3.60. The molecule has 100 valence electrons. The molecule has 18 heavy (non-hydrogen) atoms. The summed E-state index contributed by atoms with van der Waals surface area (Å²) >= 11 is 5.14. The first kappa shape index (κ1) is 15.3. The fraction of sp³-hybridized carbons (Fsp3) is 0.429. The van der Waals surface area contributed by atoms with Gasteiger partial charge in [-0.2, -0.15) is 0 Å². The molecule has 0 radical (unpaired) electrons. The van der Waals surface area contributed by atoms with Crippen molar-refractivity contribution < 1.29 is 8.92 Å². The Morgan fingerprint density at radius 2 is 1.78 bits per heavy atom. The van der Waals surface area contributed by atoms with Crippen molar-refractivity contribution in [1.29, 1.82) is 0 Å². The van der Waals surface area contributed by atoms with Gasteiger partial charge in [-0.3, -0.25) is 0 Å². The van der Waals surface area contributed by atoms with Crippen LogP contribution in [0.4, 0.5) is 0 Å². The summed E-state index contributed by atoms with van der Waals surface area (Å²) in [6.07, 6.45) is 2.66. The molecule has 0 saturated carbocycles. The standard InChI is InChI=1S/C14H20O2S2/c1-6-8-15-13-9(3)10(4)14(16-18-17)12(7-2)11(13)5/h6,17H,1,7-8H2,2-5H3. The highest BCUT2D eigenvalue weighted by molar-refractivity contribution is 8.66. The van der Waals surface area contributed by atoms with Gasteiger partial charge in [0.15, 0.2) is 0 Å². The van der Waals surface area contributed by atoms with Crippen molar-refractivity contribution >= 4 is 22.7 Å². The van der Waals surface area contributed by atoms with E-state index in [9.17, 15) is 0 Å². The van der Waals surface area contributed by atoms with Crippen LogP contribution in [0.5, 0.6) is 11.5 Å². The summed E-state index contributed by atoms with van der Waals surface area (Å²) in [5.74, 6) is 1.86. The lowest BCUT2D eigenvalue weighted by Gasteiger charge is -2.20. The lowest BCUT2D eigenvalue weighted by molar-refractivity contribution is 0.356. The van der Waals surface area contributed by atoms with Gasteiger partial charge >= 0.3 is 0 Å². The Hall–Kier alpha value is -0.740. The molecule has 0 bridgehead atoms. The van der Waals surface area contributed by atoms with Crippen molar-refractivity contribution in [1.82, 2.24) is 0 Å². The van der Waals surface area contributed by atoms with Crippen molar-refractivity contribution in [3.05, 3.63) is 34.9 Å². The Balaban J connectivity index is 3.38. The Morgan fingerprint density at radius 1 is 1.17 bits per heavy atom. The molecule has 1 aromatic rings. The van der Waals surface area contributed by atoms with E-state index >= 15 is 0 Å². The quantitative estimate of drug-likeness (QED) is 0.356. The Bertz CT molecular complexity index is 442. The Morgan fingerprint density at radius 3 is 2.28 bits per heavy atom. The zero-order valence-electron chi connectivity index (χ0n) is 11.4. The van der Waals surface area contributed by atoms with E-state index in [4.69, 9.17) is 8.92 Å². The van der Waals surface area contributed by atoms with Crippen molar-refractivity contribution in [3.8, 4) is 11.5 Å². The molecule has 0 unspecified atom stereocenters. The van der Waals surface area contributed by atoms with Crippen molar-refractivity contribution in [2.24, 2.45) is 0 Å². The Kier molecular flexibility index (Phi) is 5.96. The summed E-state index contributed by atoms with van der Waals surface area (Å²) < 4.78 is 11.4. The fourth-order valence-electron chi connectivity index (χ4n) is 2.09. The van der Waals surface area contributed by atoms with Gasteiger partial charge in [-0.15, -0.1) is 0 Å². The highest BCUT2D eigenvalue weighted by atomic mass is 33.1. The summed E-state index contributed by atoms with van der Waals surface area (Å²) in [5, 5.41) is 0. The maximum Gasteiger partial charge on any atom is 0.145 e. The lowest BCUT2D eigenvalue weighted by atomic mass is 9.96. The number of ether oxygens (including phenoxy) is 1. The van der Waals surface area contributed by atoms with Crippen molar-refractivity contribution in [3.63, 3.8) is 0 Å². The van der Waals surface area contributed by atoms with Crippen LogP contribution in [0.1, 0.15) is 29.2 Å².